The topological polar surface area (TPSA) is 12.5 Å². The van der Waals surface area contributed by atoms with Crippen molar-refractivity contribution in [3.05, 3.63) is 60.2 Å². The molecule has 0 fully saturated rings. The Bertz CT molecular complexity index is 659. The van der Waals surface area contributed by atoms with Crippen molar-refractivity contribution < 1.29 is 4.43 Å². The van der Waals surface area contributed by atoms with E-state index in [9.17, 15) is 0 Å². The van der Waals surface area contributed by atoms with Crippen molar-refractivity contribution in [2.24, 2.45) is 0 Å². The van der Waals surface area contributed by atoms with Crippen LogP contribution in [0.2, 0.25) is 18.1 Å². The van der Waals surface area contributed by atoms with E-state index < -0.39 is 8.32 Å². The molecular formula is C22H33NOSi. The first-order valence-electron chi connectivity index (χ1n) is 9.17. The lowest BCUT2D eigenvalue weighted by Gasteiger charge is -2.39. The van der Waals surface area contributed by atoms with E-state index in [2.05, 4.69) is 107 Å². The van der Waals surface area contributed by atoms with Gasteiger partial charge in [-0.05, 0) is 56.2 Å². The molecule has 0 heterocycles. The number of aryl methyl sites for hydroxylation is 1. The number of nitrogens with zero attached hydrogens (tertiary/aromatic N) is 1. The Morgan fingerprint density at radius 3 is 1.96 bits per heavy atom. The zero-order chi connectivity index (χ0) is 18.7. The molecule has 0 saturated carbocycles. The summed E-state index contributed by atoms with van der Waals surface area (Å²) < 4.78 is 6.50. The first kappa shape index (κ1) is 19.7. The van der Waals surface area contributed by atoms with Gasteiger partial charge in [-0.25, -0.2) is 0 Å². The smallest absolute Gasteiger partial charge is 0.192 e. The predicted octanol–water partition coefficient (Wildman–Crippen LogP) is 6.54. The van der Waals surface area contributed by atoms with Gasteiger partial charge in [0, 0.05) is 11.4 Å². The summed E-state index contributed by atoms with van der Waals surface area (Å²) in [5, 5.41) is 0.230. The molecule has 3 heteroatoms. The molecule has 0 amide bonds. The van der Waals surface area contributed by atoms with Gasteiger partial charge in [0.25, 0.3) is 0 Å². The summed E-state index contributed by atoms with van der Waals surface area (Å²) in [6, 6.07) is 19.6. The molecule has 2 nitrogen and oxygen atoms in total. The maximum Gasteiger partial charge on any atom is 0.192 e. The maximum absolute atomic E-state index is 6.50. The lowest BCUT2D eigenvalue weighted by molar-refractivity contribution is 0.269. The van der Waals surface area contributed by atoms with E-state index in [-0.39, 0.29) is 11.1 Å². The summed E-state index contributed by atoms with van der Waals surface area (Å²) in [7, 11) is -1.75. The Hall–Kier alpha value is -1.58. The Labute approximate surface area is 155 Å². The molecule has 1 unspecified atom stereocenters. The molecule has 0 spiro atoms. The van der Waals surface area contributed by atoms with Crippen LogP contribution in [0, 0.1) is 6.92 Å². The van der Waals surface area contributed by atoms with Gasteiger partial charge in [-0.2, -0.15) is 0 Å². The standard InChI is InChI=1S/C22H33NOSi/c1-18-13-15-21(16-14-18)23(20-11-9-8-10-12-20)19(2)17-24-25(6,7)22(3,4)5/h8-16,19H,17H2,1-7H3. The maximum atomic E-state index is 6.50. The fourth-order valence-electron chi connectivity index (χ4n) is 2.57. The highest BCUT2D eigenvalue weighted by Gasteiger charge is 2.37. The molecule has 136 valence electrons. The largest absolute Gasteiger partial charge is 0.415 e. The minimum atomic E-state index is -1.75. The van der Waals surface area contributed by atoms with Crippen molar-refractivity contribution in [2.75, 3.05) is 11.5 Å². The fraction of sp³-hybridized carbons (Fsp3) is 0.455. The van der Waals surface area contributed by atoms with Gasteiger partial charge in [-0.1, -0.05) is 56.7 Å². The molecule has 0 aliphatic heterocycles. The molecule has 0 N–H and O–H groups in total. The van der Waals surface area contributed by atoms with Gasteiger partial charge in [-0.15, -0.1) is 0 Å². The molecule has 0 aliphatic carbocycles. The number of hydrogen-bond acceptors (Lipinski definition) is 2. The normalized spacial score (nSPS) is 13.6. The number of hydrogen-bond donors (Lipinski definition) is 0. The first-order valence-corrected chi connectivity index (χ1v) is 12.1. The van der Waals surface area contributed by atoms with Crippen LogP contribution in [0.1, 0.15) is 33.3 Å². The zero-order valence-electron chi connectivity index (χ0n) is 16.8. The molecular weight excluding hydrogens is 322 g/mol. The highest BCUT2D eigenvalue weighted by atomic mass is 28.4. The molecule has 0 aromatic heterocycles. The third kappa shape index (κ3) is 4.96. The fourth-order valence-corrected chi connectivity index (χ4v) is 3.66. The summed E-state index contributed by atoms with van der Waals surface area (Å²) in [5.41, 5.74) is 3.70. The number of anilines is 2. The van der Waals surface area contributed by atoms with Crippen molar-refractivity contribution in [2.45, 2.75) is 58.8 Å². The molecule has 0 radical (unpaired) electrons. The van der Waals surface area contributed by atoms with Crippen molar-refractivity contribution in [3.63, 3.8) is 0 Å². The third-order valence-electron chi connectivity index (χ3n) is 5.28. The van der Waals surface area contributed by atoms with Gasteiger partial charge >= 0.3 is 0 Å². The van der Waals surface area contributed by atoms with Gasteiger partial charge in [0.15, 0.2) is 8.32 Å². The van der Waals surface area contributed by atoms with Crippen LogP contribution in [0.15, 0.2) is 54.6 Å². The molecule has 2 rings (SSSR count). The minimum absolute atomic E-state index is 0.230. The Balaban J connectivity index is 2.25. The summed E-state index contributed by atoms with van der Waals surface area (Å²) in [4.78, 5) is 2.38. The molecule has 2 aromatic rings. The third-order valence-corrected chi connectivity index (χ3v) is 9.78. The van der Waals surface area contributed by atoms with Gasteiger partial charge in [0.2, 0.25) is 0 Å². The van der Waals surface area contributed by atoms with Crippen molar-refractivity contribution in [1.29, 1.82) is 0 Å². The van der Waals surface area contributed by atoms with Crippen LogP contribution >= 0.6 is 0 Å². The summed E-state index contributed by atoms with van der Waals surface area (Å²) in [6.45, 7) is 16.6. The van der Waals surface area contributed by atoms with Crippen LogP contribution < -0.4 is 4.90 Å². The molecule has 25 heavy (non-hydrogen) atoms. The summed E-state index contributed by atoms with van der Waals surface area (Å²) in [6.07, 6.45) is 0. The Morgan fingerprint density at radius 2 is 1.44 bits per heavy atom. The van der Waals surface area contributed by atoms with Crippen LogP contribution in [0.25, 0.3) is 0 Å². The lowest BCUT2D eigenvalue weighted by atomic mass is 10.1. The Kier molecular flexibility index (Phi) is 6.12. The molecule has 0 bridgehead atoms. The molecule has 1 atom stereocenters. The predicted molar refractivity (Wildman–Crippen MR) is 112 cm³/mol. The molecule has 2 aromatic carbocycles. The van der Waals surface area contributed by atoms with E-state index in [4.69, 9.17) is 4.43 Å². The second-order valence-corrected chi connectivity index (χ2v) is 13.3. The average molecular weight is 356 g/mol. The Morgan fingerprint density at radius 1 is 0.920 bits per heavy atom. The average Bonchev–Trinajstić information content (AvgIpc) is 2.55. The second-order valence-electron chi connectivity index (χ2n) is 8.46. The second kappa shape index (κ2) is 7.75. The van der Waals surface area contributed by atoms with E-state index in [1.165, 1.54) is 16.9 Å². The van der Waals surface area contributed by atoms with E-state index in [0.29, 0.717) is 0 Å². The zero-order valence-corrected chi connectivity index (χ0v) is 17.8. The van der Waals surface area contributed by atoms with E-state index in [1.54, 1.807) is 0 Å². The summed E-state index contributed by atoms with van der Waals surface area (Å²) >= 11 is 0. The van der Waals surface area contributed by atoms with Gasteiger partial charge in [-0.3, -0.25) is 0 Å². The lowest BCUT2D eigenvalue weighted by Crippen LogP contribution is -2.44. The highest BCUT2D eigenvalue weighted by Crippen LogP contribution is 2.37. The minimum Gasteiger partial charge on any atom is -0.415 e. The van der Waals surface area contributed by atoms with E-state index >= 15 is 0 Å². The quantitative estimate of drug-likeness (QED) is 0.545. The van der Waals surface area contributed by atoms with Crippen molar-refractivity contribution in [3.8, 4) is 0 Å². The molecule has 0 aliphatic rings. The number of rotatable bonds is 6. The number of para-hydroxylation sites is 1. The van der Waals surface area contributed by atoms with Crippen LogP contribution in [0.5, 0.6) is 0 Å². The first-order chi connectivity index (χ1) is 11.6. The van der Waals surface area contributed by atoms with Gasteiger partial charge < -0.3 is 9.33 Å². The van der Waals surface area contributed by atoms with Gasteiger partial charge in [0.05, 0.1) is 12.6 Å². The highest BCUT2D eigenvalue weighted by molar-refractivity contribution is 6.74. The summed E-state index contributed by atoms with van der Waals surface area (Å²) in [5.74, 6) is 0. The van der Waals surface area contributed by atoms with Crippen LogP contribution in [-0.4, -0.2) is 21.0 Å². The number of benzene rings is 2. The van der Waals surface area contributed by atoms with Crippen molar-refractivity contribution in [1.82, 2.24) is 0 Å². The van der Waals surface area contributed by atoms with Crippen LogP contribution in [0.3, 0.4) is 0 Å². The van der Waals surface area contributed by atoms with Crippen LogP contribution in [-0.2, 0) is 4.43 Å². The van der Waals surface area contributed by atoms with Crippen molar-refractivity contribution >= 4 is 19.7 Å². The van der Waals surface area contributed by atoms with E-state index in [1.807, 2.05) is 0 Å². The van der Waals surface area contributed by atoms with Crippen LogP contribution in [0.4, 0.5) is 11.4 Å². The molecule has 0 saturated heterocycles. The van der Waals surface area contributed by atoms with E-state index in [0.717, 1.165) is 6.61 Å². The monoisotopic (exact) mass is 355 g/mol. The van der Waals surface area contributed by atoms with Gasteiger partial charge in [0.1, 0.15) is 0 Å². The SMILES string of the molecule is Cc1ccc(N(c2ccccc2)C(C)CO[Si](C)(C)C(C)(C)C)cc1.